The monoisotopic (exact) mass is 351 g/mol. The van der Waals surface area contributed by atoms with E-state index < -0.39 is 45.2 Å². The van der Waals surface area contributed by atoms with Gasteiger partial charge in [0.05, 0.1) is 17.5 Å². The number of sulfone groups is 1. The predicted molar refractivity (Wildman–Crippen MR) is 78.9 cm³/mol. The average Bonchev–Trinajstić information content (AvgIpc) is 2.38. The highest BCUT2D eigenvalue weighted by Crippen LogP contribution is 2.23. The molecule has 1 amide bonds. The van der Waals surface area contributed by atoms with E-state index in [4.69, 9.17) is 16.7 Å². The minimum Gasteiger partial charge on any atom is -0.481 e. The number of hydrogen-bond acceptors (Lipinski definition) is 4. The van der Waals surface area contributed by atoms with Gasteiger partial charge in [-0.25, -0.2) is 12.8 Å². The van der Waals surface area contributed by atoms with E-state index >= 15 is 0 Å². The second kappa shape index (κ2) is 7.06. The van der Waals surface area contributed by atoms with Gasteiger partial charge in [0, 0.05) is 6.26 Å². The molecule has 2 N–H and O–H groups in total. The Kier molecular flexibility index (Phi) is 5.90. The summed E-state index contributed by atoms with van der Waals surface area (Å²) in [7, 11) is -3.63. The average molecular weight is 352 g/mol. The molecule has 0 heterocycles. The summed E-state index contributed by atoms with van der Waals surface area (Å²) in [4.78, 5) is 22.8. The van der Waals surface area contributed by atoms with Crippen LogP contribution < -0.4 is 5.32 Å². The van der Waals surface area contributed by atoms with Crippen molar-refractivity contribution in [3.8, 4) is 0 Å². The molecule has 122 valence electrons. The van der Waals surface area contributed by atoms with Crippen LogP contribution in [0.4, 0.5) is 4.39 Å². The van der Waals surface area contributed by atoms with Crippen molar-refractivity contribution in [2.45, 2.75) is 24.6 Å². The van der Waals surface area contributed by atoms with Crippen molar-refractivity contribution < 1.29 is 27.5 Å². The summed E-state index contributed by atoms with van der Waals surface area (Å²) >= 11 is 5.55. The van der Waals surface area contributed by atoms with E-state index in [9.17, 15) is 22.4 Å². The molecule has 0 saturated heterocycles. The van der Waals surface area contributed by atoms with E-state index in [1.54, 1.807) is 0 Å². The minimum atomic E-state index is -3.63. The highest BCUT2D eigenvalue weighted by Gasteiger charge is 2.27. The number of carbonyl (C=O) groups excluding carboxylic acids is 1. The molecule has 22 heavy (non-hydrogen) atoms. The molecule has 2 atom stereocenters. The molecule has 0 aliphatic heterocycles. The normalized spacial score (nSPS) is 14.2. The molecule has 6 nitrogen and oxygen atoms in total. The number of benzene rings is 1. The van der Waals surface area contributed by atoms with Crippen molar-refractivity contribution in [2.24, 2.45) is 0 Å². The van der Waals surface area contributed by atoms with Gasteiger partial charge < -0.3 is 10.4 Å². The van der Waals surface area contributed by atoms with Crippen molar-refractivity contribution in [3.05, 3.63) is 34.6 Å². The van der Waals surface area contributed by atoms with Crippen LogP contribution in [0.15, 0.2) is 18.2 Å². The second-order valence-corrected chi connectivity index (χ2v) is 7.58. The number of hydrogen-bond donors (Lipinski definition) is 2. The minimum absolute atomic E-state index is 0.145. The molecular weight excluding hydrogens is 337 g/mol. The number of nitrogens with one attached hydrogen (secondary N) is 1. The summed E-state index contributed by atoms with van der Waals surface area (Å²) in [6, 6.07) is 2.53. The van der Waals surface area contributed by atoms with Gasteiger partial charge in [-0.2, -0.15) is 0 Å². The van der Waals surface area contributed by atoms with Crippen LogP contribution in [-0.4, -0.2) is 36.9 Å². The van der Waals surface area contributed by atoms with Crippen molar-refractivity contribution in [3.63, 3.8) is 0 Å². The second-order valence-electron chi connectivity index (χ2n) is 4.80. The third kappa shape index (κ3) is 4.96. The topological polar surface area (TPSA) is 101 Å². The number of halogens is 2. The molecule has 0 aliphatic carbocycles. The molecule has 0 aliphatic rings. The Morgan fingerprint density at radius 3 is 2.45 bits per heavy atom. The number of rotatable bonds is 6. The Balaban J connectivity index is 3.06. The van der Waals surface area contributed by atoms with E-state index in [2.05, 4.69) is 5.32 Å². The molecule has 0 spiro atoms. The molecule has 0 saturated carbocycles. The fourth-order valence-corrected chi connectivity index (χ4v) is 2.21. The molecule has 0 bridgehead atoms. The molecule has 1 aromatic rings. The van der Waals surface area contributed by atoms with Crippen LogP contribution in [0.3, 0.4) is 0 Å². The lowest BCUT2D eigenvalue weighted by molar-refractivity contribution is -0.137. The summed E-state index contributed by atoms with van der Waals surface area (Å²) in [5.41, 5.74) is 0.179. The zero-order valence-corrected chi connectivity index (χ0v) is 13.4. The Morgan fingerprint density at radius 2 is 2.00 bits per heavy atom. The quantitative estimate of drug-likeness (QED) is 0.809. The van der Waals surface area contributed by atoms with Crippen molar-refractivity contribution in [1.29, 1.82) is 0 Å². The van der Waals surface area contributed by atoms with E-state index in [0.29, 0.717) is 0 Å². The maximum Gasteiger partial charge on any atom is 0.305 e. The first-order valence-corrected chi connectivity index (χ1v) is 8.51. The first-order chi connectivity index (χ1) is 10.0. The molecular formula is C13H15ClFNO5S. The summed E-state index contributed by atoms with van der Waals surface area (Å²) in [6.45, 7) is 1.19. The number of carboxylic acid groups (broad SMARTS) is 1. The third-order valence-corrected chi connectivity index (χ3v) is 4.86. The Labute approximate surface area is 132 Å². The van der Waals surface area contributed by atoms with Gasteiger partial charge in [0.25, 0.3) is 0 Å². The molecule has 2 unspecified atom stereocenters. The fraction of sp³-hybridized carbons (Fsp3) is 0.385. The highest BCUT2D eigenvalue weighted by atomic mass is 35.5. The smallest absolute Gasteiger partial charge is 0.305 e. The van der Waals surface area contributed by atoms with E-state index in [0.717, 1.165) is 12.3 Å². The van der Waals surface area contributed by atoms with Gasteiger partial charge >= 0.3 is 5.97 Å². The zero-order chi connectivity index (χ0) is 17.1. The lowest BCUT2D eigenvalue weighted by Crippen LogP contribution is -2.40. The Hall–Kier alpha value is -1.67. The van der Waals surface area contributed by atoms with Crippen LogP contribution in [0, 0.1) is 5.82 Å². The summed E-state index contributed by atoms with van der Waals surface area (Å²) in [5.74, 6) is -2.85. The highest BCUT2D eigenvalue weighted by molar-refractivity contribution is 7.92. The summed E-state index contributed by atoms with van der Waals surface area (Å²) in [5, 5.41) is 9.71. The molecule has 0 aromatic heterocycles. The number of carbonyl (C=O) groups is 2. The molecule has 9 heteroatoms. The van der Waals surface area contributed by atoms with Crippen LogP contribution in [-0.2, 0) is 19.4 Å². The SMILES string of the molecule is CC(C(=O)NC(CC(=O)O)c1ccc(Cl)c(F)c1)S(C)(=O)=O. The third-order valence-electron chi connectivity index (χ3n) is 3.05. The van der Waals surface area contributed by atoms with Gasteiger partial charge in [-0.15, -0.1) is 0 Å². The maximum atomic E-state index is 13.5. The van der Waals surface area contributed by atoms with E-state index in [1.807, 2.05) is 0 Å². The van der Waals surface area contributed by atoms with Crippen LogP contribution in [0.1, 0.15) is 24.9 Å². The summed E-state index contributed by atoms with van der Waals surface area (Å²) in [6.07, 6.45) is 0.370. The first-order valence-electron chi connectivity index (χ1n) is 6.18. The lowest BCUT2D eigenvalue weighted by atomic mass is 10.0. The number of aliphatic carboxylic acids is 1. The van der Waals surface area contributed by atoms with Crippen LogP contribution in [0.25, 0.3) is 0 Å². The van der Waals surface area contributed by atoms with Gasteiger partial charge in [-0.05, 0) is 24.6 Å². The molecule has 1 rings (SSSR count). The summed E-state index contributed by atoms with van der Waals surface area (Å²) < 4.78 is 36.2. The van der Waals surface area contributed by atoms with Crippen LogP contribution in [0.2, 0.25) is 5.02 Å². The van der Waals surface area contributed by atoms with Gasteiger partial charge in [-0.1, -0.05) is 17.7 Å². The van der Waals surface area contributed by atoms with Gasteiger partial charge in [0.15, 0.2) is 9.84 Å². The predicted octanol–water partition coefficient (Wildman–Crippen LogP) is 1.54. The molecule has 0 fully saturated rings. The van der Waals surface area contributed by atoms with Gasteiger partial charge in [0.2, 0.25) is 5.91 Å². The molecule has 0 radical (unpaired) electrons. The van der Waals surface area contributed by atoms with E-state index in [-0.39, 0.29) is 10.6 Å². The maximum absolute atomic E-state index is 13.5. The zero-order valence-electron chi connectivity index (χ0n) is 11.8. The van der Waals surface area contributed by atoms with Crippen LogP contribution >= 0.6 is 11.6 Å². The first kappa shape index (κ1) is 18.4. The lowest BCUT2D eigenvalue weighted by Gasteiger charge is -2.20. The number of amides is 1. The largest absolute Gasteiger partial charge is 0.481 e. The van der Waals surface area contributed by atoms with E-state index in [1.165, 1.54) is 19.1 Å². The van der Waals surface area contributed by atoms with Crippen molar-refractivity contribution >= 4 is 33.3 Å². The van der Waals surface area contributed by atoms with Crippen molar-refractivity contribution in [1.82, 2.24) is 5.32 Å². The van der Waals surface area contributed by atoms with Gasteiger partial charge in [0.1, 0.15) is 11.1 Å². The standard InChI is InChI=1S/C13H15ClFNO5S/c1-7(22(2,20)21)13(19)16-11(6-12(17)18)8-3-4-9(14)10(15)5-8/h3-5,7,11H,6H2,1-2H3,(H,16,19)(H,17,18). The van der Waals surface area contributed by atoms with Crippen LogP contribution in [0.5, 0.6) is 0 Å². The van der Waals surface area contributed by atoms with Gasteiger partial charge in [-0.3, -0.25) is 9.59 Å². The number of carboxylic acids is 1. The Morgan fingerprint density at radius 1 is 1.41 bits per heavy atom. The van der Waals surface area contributed by atoms with Crippen molar-refractivity contribution in [2.75, 3.05) is 6.26 Å². The fourth-order valence-electron chi connectivity index (χ4n) is 1.64. The Bertz CT molecular complexity index is 692. The molecule has 1 aromatic carbocycles.